The number of nitrogens with zero attached hydrogens (tertiary/aromatic N) is 2. The van der Waals surface area contributed by atoms with Gasteiger partial charge >= 0.3 is 0 Å². The van der Waals surface area contributed by atoms with Crippen LogP contribution in [0.5, 0.6) is 0 Å². The van der Waals surface area contributed by atoms with Crippen LogP contribution in [0.15, 0.2) is 4.99 Å². The number of hydrogen-bond donors (Lipinski definition) is 2. The minimum Gasteiger partial charge on any atom is -0.385 e. The van der Waals surface area contributed by atoms with Crippen LogP contribution in [0.25, 0.3) is 0 Å². The zero-order chi connectivity index (χ0) is 17.7. The number of aliphatic imine (C=N–C) groups is 1. The van der Waals surface area contributed by atoms with Crippen molar-refractivity contribution < 1.29 is 4.74 Å². The predicted molar refractivity (Wildman–Crippen MR) is 119 cm³/mol. The summed E-state index contributed by atoms with van der Waals surface area (Å²) in [6, 6.07) is 0. The molecule has 0 radical (unpaired) electrons. The molecule has 0 saturated heterocycles. The normalized spacial score (nSPS) is 16.8. The largest absolute Gasteiger partial charge is 0.385 e. The molecule has 5 nitrogen and oxygen atoms in total. The SMILES string of the molecule is CCN(CC)CCCCNC(=NC)NCC1(CCOC)CCCC1.I. The molecular formula is C19H41IN4O. The smallest absolute Gasteiger partial charge is 0.190 e. The first-order valence-electron chi connectivity index (χ1n) is 9.85. The zero-order valence-electron chi connectivity index (χ0n) is 16.9. The van der Waals surface area contributed by atoms with Gasteiger partial charge in [0.05, 0.1) is 0 Å². The number of hydrogen-bond acceptors (Lipinski definition) is 3. The Morgan fingerprint density at radius 2 is 1.80 bits per heavy atom. The lowest BCUT2D eigenvalue weighted by Gasteiger charge is -2.30. The molecule has 0 heterocycles. The lowest BCUT2D eigenvalue weighted by Crippen LogP contribution is -2.43. The molecule has 0 spiro atoms. The molecule has 6 heteroatoms. The Morgan fingerprint density at radius 1 is 1.12 bits per heavy atom. The number of halogens is 1. The first kappa shape index (κ1) is 24.9. The molecule has 0 aromatic carbocycles. The standard InChI is InChI=1S/C19H40N4O.HI/c1-5-23(6-2)15-10-9-14-21-18(20-3)22-17-19(13-16-24-4)11-7-8-12-19;/h5-17H2,1-4H3,(H2,20,21,22);1H. The van der Waals surface area contributed by atoms with E-state index in [-0.39, 0.29) is 24.0 Å². The molecule has 0 aromatic heterocycles. The number of guanidine groups is 1. The summed E-state index contributed by atoms with van der Waals surface area (Å²) < 4.78 is 5.31. The molecule has 1 aliphatic carbocycles. The minimum atomic E-state index is 0. The van der Waals surface area contributed by atoms with Crippen LogP contribution in [0.1, 0.15) is 58.8 Å². The molecule has 0 aliphatic heterocycles. The maximum Gasteiger partial charge on any atom is 0.190 e. The van der Waals surface area contributed by atoms with E-state index in [4.69, 9.17) is 4.74 Å². The molecule has 1 fully saturated rings. The van der Waals surface area contributed by atoms with Crippen LogP contribution >= 0.6 is 24.0 Å². The van der Waals surface area contributed by atoms with Crippen molar-refractivity contribution in [3.05, 3.63) is 0 Å². The third kappa shape index (κ3) is 9.99. The van der Waals surface area contributed by atoms with Crippen LogP contribution in [-0.4, -0.2) is 64.3 Å². The number of unbranched alkanes of at least 4 members (excludes halogenated alkanes) is 1. The fraction of sp³-hybridized carbons (Fsp3) is 0.947. The fourth-order valence-corrected chi connectivity index (χ4v) is 3.66. The Hall–Kier alpha value is -0.0800. The van der Waals surface area contributed by atoms with Crippen LogP contribution in [-0.2, 0) is 4.74 Å². The van der Waals surface area contributed by atoms with Gasteiger partial charge in [0.25, 0.3) is 0 Å². The van der Waals surface area contributed by atoms with Gasteiger partial charge in [-0.25, -0.2) is 0 Å². The van der Waals surface area contributed by atoms with Gasteiger partial charge in [-0.2, -0.15) is 0 Å². The van der Waals surface area contributed by atoms with Crippen molar-refractivity contribution in [1.29, 1.82) is 0 Å². The maximum atomic E-state index is 5.31. The van der Waals surface area contributed by atoms with Crippen LogP contribution in [0.2, 0.25) is 0 Å². The van der Waals surface area contributed by atoms with E-state index < -0.39 is 0 Å². The third-order valence-corrected chi connectivity index (χ3v) is 5.44. The van der Waals surface area contributed by atoms with E-state index in [1.165, 1.54) is 45.1 Å². The van der Waals surface area contributed by atoms with E-state index in [9.17, 15) is 0 Å². The summed E-state index contributed by atoms with van der Waals surface area (Å²) in [5, 5.41) is 7.02. The minimum absolute atomic E-state index is 0. The van der Waals surface area contributed by atoms with Gasteiger partial charge < -0.3 is 20.3 Å². The Balaban J connectivity index is 0.00000576. The van der Waals surface area contributed by atoms with Crippen LogP contribution in [0.4, 0.5) is 0 Å². The summed E-state index contributed by atoms with van der Waals surface area (Å²) in [7, 11) is 3.66. The highest BCUT2D eigenvalue weighted by Gasteiger charge is 2.33. The molecule has 0 atom stereocenters. The maximum absolute atomic E-state index is 5.31. The Kier molecular flexibility index (Phi) is 15.0. The summed E-state index contributed by atoms with van der Waals surface area (Å²) in [6.45, 7) is 10.8. The van der Waals surface area contributed by atoms with Gasteiger partial charge in [0.15, 0.2) is 5.96 Å². The quantitative estimate of drug-likeness (QED) is 0.199. The summed E-state index contributed by atoms with van der Waals surface area (Å²) >= 11 is 0. The Labute approximate surface area is 172 Å². The van der Waals surface area contributed by atoms with Gasteiger partial charge in [0, 0.05) is 33.9 Å². The van der Waals surface area contributed by atoms with E-state index in [1.807, 2.05) is 7.05 Å². The highest BCUT2D eigenvalue weighted by molar-refractivity contribution is 14.0. The first-order valence-corrected chi connectivity index (χ1v) is 9.85. The summed E-state index contributed by atoms with van der Waals surface area (Å²) in [5.41, 5.74) is 0.399. The van der Waals surface area contributed by atoms with Gasteiger partial charge in [0.1, 0.15) is 0 Å². The van der Waals surface area contributed by atoms with Crippen molar-refractivity contribution in [2.24, 2.45) is 10.4 Å². The molecule has 150 valence electrons. The molecule has 0 amide bonds. The summed E-state index contributed by atoms with van der Waals surface area (Å²) in [4.78, 5) is 6.86. The molecular weight excluding hydrogens is 427 g/mol. The lowest BCUT2D eigenvalue weighted by molar-refractivity contribution is 0.138. The fourth-order valence-electron chi connectivity index (χ4n) is 3.66. The van der Waals surface area contributed by atoms with Crippen molar-refractivity contribution in [1.82, 2.24) is 15.5 Å². The molecule has 0 aromatic rings. The lowest BCUT2D eigenvalue weighted by atomic mass is 9.83. The van der Waals surface area contributed by atoms with Gasteiger partial charge in [-0.05, 0) is 57.2 Å². The molecule has 1 aliphatic rings. The Morgan fingerprint density at radius 3 is 2.36 bits per heavy atom. The number of rotatable bonds is 12. The second-order valence-corrected chi connectivity index (χ2v) is 7.04. The summed E-state index contributed by atoms with van der Waals surface area (Å²) in [5.74, 6) is 0.946. The molecule has 1 rings (SSSR count). The average molecular weight is 468 g/mol. The highest BCUT2D eigenvalue weighted by atomic mass is 127. The highest BCUT2D eigenvalue weighted by Crippen LogP contribution is 2.40. The van der Waals surface area contributed by atoms with Crippen LogP contribution < -0.4 is 10.6 Å². The van der Waals surface area contributed by atoms with Crippen molar-refractivity contribution in [2.45, 2.75) is 58.8 Å². The predicted octanol–water partition coefficient (Wildman–Crippen LogP) is 3.49. The summed E-state index contributed by atoms with van der Waals surface area (Å²) in [6.07, 6.45) is 8.90. The van der Waals surface area contributed by atoms with E-state index in [2.05, 4.69) is 34.4 Å². The van der Waals surface area contributed by atoms with Crippen LogP contribution in [0, 0.1) is 5.41 Å². The first-order chi connectivity index (χ1) is 11.7. The van der Waals surface area contributed by atoms with Gasteiger partial charge in [-0.15, -0.1) is 24.0 Å². The van der Waals surface area contributed by atoms with Crippen molar-refractivity contribution >= 4 is 29.9 Å². The van der Waals surface area contributed by atoms with E-state index in [0.29, 0.717) is 5.41 Å². The zero-order valence-corrected chi connectivity index (χ0v) is 19.2. The molecule has 2 N–H and O–H groups in total. The Bertz CT molecular complexity index is 342. The molecule has 0 bridgehead atoms. The van der Waals surface area contributed by atoms with Gasteiger partial charge in [-0.3, -0.25) is 4.99 Å². The van der Waals surface area contributed by atoms with Crippen molar-refractivity contribution in [3.8, 4) is 0 Å². The molecule has 1 saturated carbocycles. The third-order valence-electron chi connectivity index (χ3n) is 5.44. The number of ether oxygens (including phenoxy) is 1. The molecule has 25 heavy (non-hydrogen) atoms. The van der Waals surface area contributed by atoms with Gasteiger partial charge in [0.2, 0.25) is 0 Å². The van der Waals surface area contributed by atoms with E-state index >= 15 is 0 Å². The second kappa shape index (κ2) is 15.0. The van der Waals surface area contributed by atoms with Crippen molar-refractivity contribution in [2.75, 3.05) is 53.5 Å². The topological polar surface area (TPSA) is 48.9 Å². The second-order valence-electron chi connectivity index (χ2n) is 7.04. The van der Waals surface area contributed by atoms with Gasteiger partial charge in [-0.1, -0.05) is 26.7 Å². The monoisotopic (exact) mass is 468 g/mol. The number of nitrogens with one attached hydrogen (secondary N) is 2. The average Bonchev–Trinajstić information content (AvgIpc) is 3.08. The molecule has 0 unspecified atom stereocenters. The van der Waals surface area contributed by atoms with Crippen molar-refractivity contribution in [3.63, 3.8) is 0 Å². The van der Waals surface area contributed by atoms with E-state index in [0.717, 1.165) is 45.2 Å². The van der Waals surface area contributed by atoms with Crippen LogP contribution in [0.3, 0.4) is 0 Å². The van der Waals surface area contributed by atoms with E-state index in [1.54, 1.807) is 7.11 Å². The number of methoxy groups -OCH3 is 1.